The van der Waals surface area contributed by atoms with E-state index in [1.807, 2.05) is 24.4 Å². The Morgan fingerprint density at radius 1 is 1.32 bits per heavy atom. The molecule has 136 valence electrons. The standard InChI is InChI=1S/C19H30N6/c1-3-20-19(22-14-17-8-7-13-24(17)4-2)21-11-10-16-15-25-12-6-5-9-18(25)23-16/h5-6,9,12,15,17H,3-4,7-8,10-11,13-14H2,1-2H3,(H2,20,21,22). The van der Waals surface area contributed by atoms with Gasteiger partial charge in [-0.2, -0.15) is 0 Å². The number of rotatable bonds is 7. The largest absolute Gasteiger partial charge is 0.357 e. The number of aliphatic imine (C=N–C) groups is 1. The molecule has 1 aliphatic heterocycles. The van der Waals surface area contributed by atoms with Gasteiger partial charge in [0.25, 0.3) is 0 Å². The van der Waals surface area contributed by atoms with Crippen molar-refractivity contribution in [1.29, 1.82) is 0 Å². The number of hydrogen-bond donors (Lipinski definition) is 2. The van der Waals surface area contributed by atoms with Crippen molar-refractivity contribution >= 4 is 11.6 Å². The third-order valence-electron chi connectivity index (χ3n) is 4.80. The molecule has 1 atom stereocenters. The van der Waals surface area contributed by atoms with Crippen molar-refractivity contribution in [2.24, 2.45) is 4.99 Å². The second-order valence-electron chi connectivity index (χ2n) is 6.52. The zero-order valence-corrected chi connectivity index (χ0v) is 15.4. The van der Waals surface area contributed by atoms with Crippen molar-refractivity contribution in [1.82, 2.24) is 24.9 Å². The minimum Gasteiger partial charge on any atom is -0.357 e. The van der Waals surface area contributed by atoms with Crippen molar-refractivity contribution in [2.75, 3.05) is 32.7 Å². The molecule has 1 unspecified atom stereocenters. The number of likely N-dealkylation sites (tertiary alicyclic amines) is 1. The molecule has 0 aromatic carbocycles. The van der Waals surface area contributed by atoms with Crippen LogP contribution in [0.25, 0.3) is 5.65 Å². The summed E-state index contributed by atoms with van der Waals surface area (Å²) in [6.07, 6.45) is 7.57. The molecule has 3 heterocycles. The van der Waals surface area contributed by atoms with E-state index >= 15 is 0 Å². The lowest BCUT2D eigenvalue weighted by Crippen LogP contribution is -2.40. The van der Waals surface area contributed by atoms with Crippen LogP contribution in [0.1, 0.15) is 32.4 Å². The second-order valence-corrected chi connectivity index (χ2v) is 6.52. The number of aromatic nitrogens is 2. The first-order valence-corrected chi connectivity index (χ1v) is 9.49. The first-order chi connectivity index (χ1) is 12.3. The smallest absolute Gasteiger partial charge is 0.191 e. The Morgan fingerprint density at radius 3 is 3.04 bits per heavy atom. The number of fused-ring (bicyclic) bond motifs is 1. The van der Waals surface area contributed by atoms with Crippen molar-refractivity contribution in [3.63, 3.8) is 0 Å². The number of nitrogens with zero attached hydrogens (tertiary/aromatic N) is 4. The molecule has 25 heavy (non-hydrogen) atoms. The van der Waals surface area contributed by atoms with Gasteiger partial charge in [-0.1, -0.05) is 13.0 Å². The number of pyridine rings is 1. The Hall–Kier alpha value is -2.08. The monoisotopic (exact) mass is 342 g/mol. The van der Waals surface area contributed by atoms with Gasteiger partial charge in [0.05, 0.1) is 12.2 Å². The van der Waals surface area contributed by atoms with Crippen LogP contribution in [-0.2, 0) is 6.42 Å². The first kappa shape index (κ1) is 17.7. The Labute approximate surface area is 150 Å². The molecule has 3 rings (SSSR count). The predicted molar refractivity (Wildman–Crippen MR) is 103 cm³/mol. The summed E-state index contributed by atoms with van der Waals surface area (Å²) in [4.78, 5) is 12.0. The van der Waals surface area contributed by atoms with Gasteiger partial charge in [-0.15, -0.1) is 0 Å². The number of likely N-dealkylation sites (N-methyl/N-ethyl adjacent to an activating group) is 1. The number of guanidine groups is 1. The molecule has 0 aliphatic carbocycles. The molecule has 0 bridgehead atoms. The van der Waals surface area contributed by atoms with Gasteiger partial charge >= 0.3 is 0 Å². The average molecular weight is 342 g/mol. The molecule has 2 aromatic heterocycles. The van der Waals surface area contributed by atoms with E-state index in [-0.39, 0.29) is 0 Å². The second kappa shape index (κ2) is 8.85. The molecule has 6 nitrogen and oxygen atoms in total. The Balaban J connectivity index is 1.51. The topological polar surface area (TPSA) is 57.0 Å². The first-order valence-electron chi connectivity index (χ1n) is 9.49. The van der Waals surface area contributed by atoms with Crippen LogP contribution >= 0.6 is 0 Å². The van der Waals surface area contributed by atoms with Crippen LogP contribution in [-0.4, -0.2) is 59.0 Å². The van der Waals surface area contributed by atoms with Crippen molar-refractivity contribution in [3.8, 4) is 0 Å². The molecular formula is C19H30N6. The molecule has 2 aromatic rings. The third kappa shape index (κ3) is 4.72. The summed E-state index contributed by atoms with van der Waals surface area (Å²) in [6.45, 7) is 9.26. The van der Waals surface area contributed by atoms with Crippen molar-refractivity contribution < 1.29 is 0 Å². The van der Waals surface area contributed by atoms with Gasteiger partial charge in [0.2, 0.25) is 0 Å². The van der Waals surface area contributed by atoms with Crippen LogP contribution in [0.15, 0.2) is 35.6 Å². The molecule has 2 N–H and O–H groups in total. The van der Waals surface area contributed by atoms with Gasteiger partial charge in [0.1, 0.15) is 5.65 Å². The summed E-state index contributed by atoms with van der Waals surface area (Å²) in [6, 6.07) is 6.67. The summed E-state index contributed by atoms with van der Waals surface area (Å²) >= 11 is 0. The molecule has 0 amide bonds. The van der Waals surface area contributed by atoms with Crippen LogP contribution < -0.4 is 10.6 Å². The van der Waals surface area contributed by atoms with E-state index in [1.165, 1.54) is 19.4 Å². The fourth-order valence-corrected chi connectivity index (χ4v) is 3.47. The Bertz CT molecular complexity index is 659. The van der Waals surface area contributed by atoms with E-state index in [4.69, 9.17) is 4.99 Å². The molecule has 1 saturated heterocycles. The number of imidazole rings is 1. The lowest BCUT2D eigenvalue weighted by Gasteiger charge is -2.21. The summed E-state index contributed by atoms with van der Waals surface area (Å²) in [7, 11) is 0. The maximum Gasteiger partial charge on any atom is 0.191 e. The molecule has 0 saturated carbocycles. The number of hydrogen-bond acceptors (Lipinski definition) is 3. The van der Waals surface area contributed by atoms with Gasteiger partial charge < -0.3 is 15.0 Å². The highest BCUT2D eigenvalue weighted by atomic mass is 15.2. The normalized spacial score (nSPS) is 18.8. The number of nitrogens with one attached hydrogen (secondary N) is 2. The van der Waals surface area contributed by atoms with Gasteiger partial charge in [-0.3, -0.25) is 9.89 Å². The minimum atomic E-state index is 0.596. The molecule has 0 radical (unpaired) electrons. The van der Waals surface area contributed by atoms with E-state index in [0.717, 1.165) is 49.9 Å². The van der Waals surface area contributed by atoms with Crippen LogP contribution in [0.2, 0.25) is 0 Å². The van der Waals surface area contributed by atoms with Gasteiger partial charge in [-0.25, -0.2) is 4.98 Å². The molecule has 1 fully saturated rings. The predicted octanol–water partition coefficient (Wildman–Crippen LogP) is 1.92. The maximum absolute atomic E-state index is 4.79. The minimum absolute atomic E-state index is 0.596. The summed E-state index contributed by atoms with van der Waals surface area (Å²) in [5.41, 5.74) is 2.10. The zero-order chi connectivity index (χ0) is 17.5. The van der Waals surface area contributed by atoms with E-state index < -0.39 is 0 Å². The van der Waals surface area contributed by atoms with Crippen LogP contribution in [0, 0.1) is 0 Å². The van der Waals surface area contributed by atoms with E-state index in [9.17, 15) is 0 Å². The average Bonchev–Trinajstić information content (AvgIpc) is 3.25. The van der Waals surface area contributed by atoms with Gasteiger partial charge in [0, 0.05) is 37.9 Å². The fraction of sp³-hybridized carbons (Fsp3) is 0.579. The van der Waals surface area contributed by atoms with Crippen LogP contribution in [0.4, 0.5) is 0 Å². The van der Waals surface area contributed by atoms with Crippen molar-refractivity contribution in [3.05, 3.63) is 36.3 Å². The molecule has 6 heteroatoms. The lowest BCUT2D eigenvalue weighted by atomic mass is 10.2. The lowest BCUT2D eigenvalue weighted by molar-refractivity contribution is 0.273. The SMILES string of the molecule is CCNC(=NCC1CCCN1CC)NCCc1cn2ccccc2n1. The third-order valence-corrected chi connectivity index (χ3v) is 4.80. The summed E-state index contributed by atoms with van der Waals surface area (Å²) in [5, 5.41) is 6.79. The molecule has 1 aliphatic rings. The summed E-state index contributed by atoms with van der Waals surface area (Å²) in [5.74, 6) is 0.911. The van der Waals surface area contributed by atoms with E-state index in [2.05, 4.69) is 45.0 Å². The van der Waals surface area contributed by atoms with Crippen molar-refractivity contribution in [2.45, 2.75) is 39.2 Å². The Morgan fingerprint density at radius 2 is 2.24 bits per heavy atom. The van der Waals surface area contributed by atoms with E-state index in [0.29, 0.717) is 6.04 Å². The highest BCUT2D eigenvalue weighted by Gasteiger charge is 2.22. The zero-order valence-electron chi connectivity index (χ0n) is 15.4. The van der Waals surface area contributed by atoms with Gasteiger partial charge in [0.15, 0.2) is 5.96 Å². The highest BCUT2D eigenvalue weighted by Crippen LogP contribution is 2.16. The summed E-state index contributed by atoms with van der Waals surface area (Å²) < 4.78 is 2.06. The fourth-order valence-electron chi connectivity index (χ4n) is 3.47. The quantitative estimate of drug-likeness (QED) is 0.596. The van der Waals surface area contributed by atoms with E-state index in [1.54, 1.807) is 0 Å². The molecular weight excluding hydrogens is 312 g/mol. The highest BCUT2D eigenvalue weighted by molar-refractivity contribution is 5.79. The van der Waals surface area contributed by atoms with Gasteiger partial charge in [-0.05, 0) is 45.0 Å². The Kier molecular flexibility index (Phi) is 6.28. The van der Waals surface area contributed by atoms with Crippen LogP contribution in [0.5, 0.6) is 0 Å². The van der Waals surface area contributed by atoms with Crippen LogP contribution in [0.3, 0.4) is 0 Å². The maximum atomic E-state index is 4.79. The molecule has 0 spiro atoms.